The number of esters is 1. The summed E-state index contributed by atoms with van der Waals surface area (Å²) in [6.45, 7) is 3.01. The molecule has 0 aliphatic rings. The van der Waals surface area contributed by atoms with Gasteiger partial charge >= 0.3 is 5.97 Å². The average Bonchev–Trinajstić information content (AvgIpc) is 2.83. The maximum absolute atomic E-state index is 12.8. The van der Waals surface area contributed by atoms with Crippen molar-refractivity contribution in [3.05, 3.63) is 95.6 Å². The molecule has 0 aromatic heterocycles. The van der Waals surface area contributed by atoms with E-state index in [1.54, 1.807) is 61.5 Å². The van der Waals surface area contributed by atoms with Crippen molar-refractivity contribution in [1.29, 1.82) is 0 Å². The van der Waals surface area contributed by atoms with Gasteiger partial charge in [-0.05, 0) is 43.7 Å². The number of rotatable bonds is 11. The first kappa shape index (κ1) is 26.6. The van der Waals surface area contributed by atoms with Crippen LogP contribution in [0.4, 0.5) is 0 Å². The quantitative estimate of drug-likeness (QED) is 0.277. The van der Waals surface area contributed by atoms with Crippen LogP contribution in [0.2, 0.25) is 0 Å². The van der Waals surface area contributed by atoms with Gasteiger partial charge in [0.05, 0.1) is 16.4 Å². The van der Waals surface area contributed by atoms with E-state index in [2.05, 4.69) is 0 Å². The van der Waals surface area contributed by atoms with Gasteiger partial charge in [-0.3, -0.25) is 8.37 Å². The Bertz CT molecular complexity index is 1330. The standard InChI is InChI=1S/C25H26O8S2/c1-19-8-12-22(13-9-19)34(27,28)32-17-16-24(25(26)31-18-21-6-4-3-5-7-21)33-35(29,30)23-14-10-20(2)11-15-23/h3-15,24H,16-18H2,1-2H3. The van der Waals surface area contributed by atoms with E-state index in [1.165, 1.54) is 24.3 Å². The van der Waals surface area contributed by atoms with Crippen LogP contribution in [0.25, 0.3) is 0 Å². The van der Waals surface area contributed by atoms with Crippen LogP contribution in [0.1, 0.15) is 23.1 Å². The predicted molar refractivity (Wildman–Crippen MR) is 128 cm³/mol. The molecule has 0 radical (unpaired) electrons. The molecule has 8 nitrogen and oxygen atoms in total. The predicted octanol–water partition coefficient (Wildman–Crippen LogP) is 3.92. The summed E-state index contributed by atoms with van der Waals surface area (Å²) >= 11 is 0. The highest BCUT2D eigenvalue weighted by molar-refractivity contribution is 7.87. The van der Waals surface area contributed by atoms with Gasteiger partial charge in [0, 0.05) is 6.42 Å². The smallest absolute Gasteiger partial charge is 0.337 e. The van der Waals surface area contributed by atoms with E-state index in [-0.39, 0.29) is 22.8 Å². The van der Waals surface area contributed by atoms with E-state index < -0.39 is 38.9 Å². The van der Waals surface area contributed by atoms with Crippen LogP contribution in [0.15, 0.2) is 88.7 Å². The molecule has 35 heavy (non-hydrogen) atoms. The highest BCUT2D eigenvalue weighted by Gasteiger charge is 2.30. The van der Waals surface area contributed by atoms with Crippen molar-refractivity contribution >= 4 is 26.2 Å². The number of hydrogen-bond acceptors (Lipinski definition) is 8. The molecule has 3 rings (SSSR count). The van der Waals surface area contributed by atoms with Crippen LogP contribution in [-0.4, -0.2) is 35.5 Å². The van der Waals surface area contributed by atoms with Crippen LogP contribution in [-0.2, 0) is 44.7 Å². The lowest BCUT2D eigenvalue weighted by Crippen LogP contribution is -2.31. The van der Waals surface area contributed by atoms with Gasteiger partial charge in [0.15, 0.2) is 6.10 Å². The largest absolute Gasteiger partial charge is 0.459 e. The molecule has 0 bridgehead atoms. The molecule has 0 fully saturated rings. The van der Waals surface area contributed by atoms with Gasteiger partial charge in [0.25, 0.3) is 20.2 Å². The third kappa shape index (κ3) is 7.72. The second-order valence-corrected chi connectivity index (χ2v) is 11.0. The molecule has 0 aliphatic carbocycles. The van der Waals surface area contributed by atoms with E-state index in [0.29, 0.717) is 5.56 Å². The topological polar surface area (TPSA) is 113 Å². The Morgan fingerprint density at radius 3 is 1.80 bits per heavy atom. The lowest BCUT2D eigenvalue weighted by molar-refractivity contribution is -0.153. The van der Waals surface area contributed by atoms with Crippen molar-refractivity contribution in [2.75, 3.05) is 6.61 Å². The van der Waals surface area contributed by atoms with Crippen molar-refractivity contribution in [3.63, 3.8) is 0 Å². The molecule has 0 spiro atoms. The van der Waals surface area contributed by atoms with Crippen molar-refractivity contribution in [3.8, 4) is 0 Å². The van der Waals surface area contributed by atoms with Crippen molar-refractivity contribution in [1.82, 2.24) is 0 Å². The normalized spacial score (nSPS) is 12.7. The van der Waals surface area contributed by atoms with Gasteiger partial charge in [-0.15, -0.1) is 0 Å². The molecule has 0 saturated carbocycles. The number of carbonyl (C=O) groups excluding carboxylic acids is 1. The van der Waals surface area contributed by atoms with E-state index in [0.717, 1.165) is 11.1 Å². The van der Waals surface area contributed by atoms with Crippen LogP contribution in [0.5, 0.6) is 0 Å². The maximum Gasteiger partial charge on any atom is 0.337 e. The van der Waals surface area contributed by atoms with Crippen LogP contribution in [0.3, 0.4) is 0 Å². The molecule has 10 heteroatoms. The minimum Gasteiger partial charge on any atom is -0.459 e. The molecule has 1 atom stereocenters. The molecule has 0 amide bonds. The van der Waals surface area contributed by atoms with Gasteiger partial charge in [0.1, 0.15) is 6.61 Å². The zero-order valence-electron chi connectivity index (χ0n) is 19.3. The summed E-state index contributed by atoms with van der Waals surface area (Å²) in [5.41, 5.74) is 2.41. The van der Waals surface area contributed by atoms with E-state index in [4.69, 9.17) is 13.1 Å². The number of benzene rings is 3. The molecule has 0 aliphatic heterocycles. The fourth-order valence-corrected chi connectivity index (χ4v) is 4.96. The fourth-order valence-electron chi connectivity index (χ4n) is 2.98. The third-order valence-corrected chi connectivity index (χ3v) is 7.63. The Morgan fingerprint density at radius 1 is 0.743 bits per heavy atom. The van der Waals surface area contributed by atoms with Crippen LogP contribution < -0.4 is 0 Å². The Labute approximate surface area is 205 Å². The Kier molecular flexibility index (Phi) is 8.79. The van der Waals surface area contributed by atoms with Crippen molar-refractivity contribution < 1.29 is 34.7 Å². The summed E-state index contributed by atoms with van der Waals surface area (Å²) in [4.78, 5) is 12.5. The number of ether oxygens (including phenoxy) is 1. The number of carbonyl (C=O) groups is 1. The van der Waals surface area contributed by atoms with E-state index in [9.17, 15) is 21.6 Å². The van der Waals surface area contributed by atoms with E-state index in [1.807, 2.05) is 6.92 Å². The highest BCUT2D eigenvalue weighted by atomic mass is 32.2. The average molecular weight is 519 g/mol. The van der Waals surface area contributed by atoms with Crippen molar-refractivity contribution in [2.24, 2.45) is 0 Å². The number of aryl methyl sites for hydroxylation is 2. The first-order valence-corrected chi connectivity index (χ1v) is 13.5. The SMILES string of the molecule is Cc1ccc(S(=O)(=O)OCCC(OS(=O)(=O)c2ccc(C)cc2)C(=O)OCc2ccccc2)cc1. The summed E-state index contributed by atoms with van der Waals surface area (Å²) < 4.78 is 65.8. The molecular formula is C25H26O8S2. The molecule has 3 aromatic carbocycles. The summed E-state index contributed by atoms with van der Waals surface area (Å²) in [6.07, 6.45) is -1.98. The van der Waals surface area contributed by atoms with Gasteiger partial charge in [-0.25, -0.2) is 4.79 Å². The minimum atomic E-state index is -4.33. The summed E-state index contributed by atoms with van der Waals surface area (Å²) in [5, 5.41) is 0. The van der Waals surface area contributed by atoms with Gasteiger partial charge < -0.3 is 4.74 Å². The molecule has 0 N–H and O–H groups in total. The third-order valence-electron chi connectivity index (χ3n) is 4.97. The fraction of sp³-hybridized carbons (Fsp3) is 0.240. The Hall–Kier alpha value is -3.05. The second kappa shape index (κ2) is 11.6. The van der Waals surface area contributed by atoms with E-state index >= 15 is 0 Å². The maximum atomic E-state index is 12.8. The van der Waals surface area contributed by atoms with Crippen LogP contribution >= 0.6 is 0 Å². The molecule has 186 valence electrons. The zero-order chi connectivity index (χ0) is 25.5. The van der Waals surface area contributed by atoms with Crippen LogP contribution in [0, 0.1) is 13.8 Å². The lowest BCUT2D eigenvalue weighted by Gasteiger charge is -2.17. The number of hydrogen-bond donors (Lipinski definition) is 0. The molecular weight excluding hydrogens is 492 g/mol. The first-order valence-electron chi connectivity index (χ1n) is 10.7. The van der Waals surface area contributed by atoms with Gasteiger partial charge in [0.2, 0.25) is 0 Å². The molecule has 0 heterocycles. The van der Waals surface area contributed by atoms with Gasteiger partial charge in [-0.1, -0.05) is 65.7 Å². The lowest BCUT2D eigenvalue weighted by atomic mass is 10.2. The monoisotopic (exact) mass is 518 g/mol. The Balaban J connectivity index is 1.72. The molecule has 1 unspecified atom stereocenters. The molecule has 0 saturated heterocycles. The highest BCUT2D eigenvalue weighted by Crippen LogP contribution is 2.19. The summed E-state index contributed by atoms with van der Waals surface area (Å²) in [6, 6.07) is 20.8. The summed E-state index contributed by atoms with van der Waals surface area (Å²) in [7, 11) is -8.44. The Morgan fingerprint density at radius 2 is 1.26 bits per heavy atom. The van der Waals surface area contributed by atoms with Crippen molar-refractivity contribution in [2.45, 2.75) is 42.8 Å². The first-order chi connectivity index (χ1) is 16.6. The van der Waals surface area contributed by atoms with Gasteiger partial charge in [-0.2, -0.15) is 16.8 Å². The minimum absolute atomic E-state index is 0.0560. The second-order valence-electron chi connectivity index (χ2n) is 7.82. The molecule has 3 aromatic rings. The zero-order valence-corrected chi connectivity index (χ0v) is 20.9. The summed E-state index contributed by atoms with van der Waals surface area (Å²) in [5.74, 6) is -0.958.